The third-order valence-corrected chi connectivity index (χ3v) is 3.25. The number of carbonyl (C=O) groups is 1. The lowest BCUT2D eigenvalue weighted by atomic mass is 10.1. The Morgan fingerprint density at radius 1 is 1.16 bits per heavy atom. The largest absolute Gasteiger partial charge is 0.399 e. The maximum Gasteiger partial charge on any atom is 0.259 e. The lowest BCUT2D eigenvalue weighted by molar-refractivity contribution is 0.0993. The fraction of sp³-hybridized carbons (Fsp3) is 0.133. The molecule has 0 saturated carbocycles. The molecule has 19 heavy (non-hydrogen) atoms. The van der Waals surface area contributed by atoms with E-state index in [-0.39, 0.29) is 5.91 Å². The van der Waals surface area contributed by atoms with Gasteiger partial charge >= 0.3 is 0 Å². The number of hydrogen-bond donors (Lipinski definition) is 1. The topological polar surface area (TPSA) is 46.3 Å². The molecular formula is C15H15ClN2O. The smallest absolute Gasteiger partial charge is 0.259 e. The van der Waals surface area contributed by atoms with Gasteiger partial charge in [0.1, 0.15) is 0 Å². The minimum Gasteiger partial charge on any atom is -0.399 e. The fourth-order valence-electron chi connectivity index (χ4n) is 1.79. The number of nitrogens with two attached hydrogens (primary N) is 1. The van der Waals surface area contributed by atoms with Crippen molar-refractivity contribution in [2.75, 3.05) is 17.7 Å². The Bertz CT molecular complexity index is 608. The van der Waals surface area contributed by atoms with Gasteiger partial charge in [-0.1, -0.05) is 17.7 Å². The number of aryl methyl sites for hydroxylation is 1. The van der Waals surface area contributed by atoms with Crippen LogP contribution in [0.5, 0.6) is 0 Å². The highest BCUT2D eigenvalue weighted by atomic mass is 35.5. The van der Waals surface area contributed by atoms with Crippen LogP contribution in [0, 0.1) is 6.92 Å². The summed E-state index contributed by atoms with van der Waals surface area (Å²) in [5.74, 6) is -0.144. The summed E-state index contributed by atoms with van der Waals surface area (Å²) in [4.78, 5) is 13.9. The molecule has 0 fully saturated rings. The van der Waals surface area contributed by atoms with Crippen LogP contribution in [-0.2, 0) is 0 Å². The molecule has 0 heterocycles. The van der Waals surface area contributed by atoms with Crippen molar-refractivity contribution in [1.29, 1.82) is 0 Å². The monoisotopic (exact) mass is 274 g/mol. The van der Waals surface area contributed by atoms with E-state index in [2.05, 4.69) is 0 Å². The van der Waals surface area contributed by atoms with E-state index in [4.69, 9.17) is 17.3 Å². The van der Waals surface area contributed by atoms with Gasteiger partial charge in [-0.05, 0) is 48.9 Å². The lowest BCUT2D eigenvalue weighted by Gasteiger charge is -2.18. The minimum atomic E-state index is -0.144. The zero-order valence-electron chi connectivity index (χ0n) is 10.9. The minimum absolute atomic E-state index is 0.144. The van der Waals surface area contributed by atoms with Crippen molar-refractivity contribution in [3.63, 3.8) is 0 Å². The highest BCUT2D eigenvalue weighted by Crippen LogP contribution is 2.22. The number of carbonyl (C=O) groups excluding carboxylic acids is 1. The predicted octanol–water partition coefficient (Wildman–Crippen LogP) is 3.51. The Balaban J connectivity index is 2.30. The van der Waals surface area contributed by atoms with Crippen molar-refractivity contribution in [1.82, 2.24) is 0 Å². The Kier molecular flexibility index (Phi) is 3.76. The Labute approximate surface area is 117 Å². The van der Waals surface area contributed by atoms with Crippen molar-refractivity contribution < 1.29 is 4.79 Å². The third kappa shape index (κ3) is 2.88. The number of hydrogen-bond acceptors (Lipinski definition) is 2. The number of nitrogen functional groups attached to an aromatic ring is 1. The zero-order chi connectivity index (χ0) is 14.0. The van der Waals surface area contributed by atoms with Crippen LogP contribution in [0.15, 0.2) is 42.5 Å². The second kappa shape index (κ2) is 5.33. The molecule has 0 aliphatic rings. The molecule has 0 unspecified atom stereocenters. The van der Waals surface area contributed by atoms with Crippen molar-refractivity contribution in [3.05, 3.63) is 58.6 Å². The molecular weight excluding hydrogens is 260 g/mol. The van der Waals surface area contributed by atoms with E-state index in [1.54, 1.807) is 48.3 Å². The van der Waals surface area contributed by atoms with Gasteiger partial charge in [0, 0.05) is 18.4 Å². The molecule has 0 aliphatic carbocycles. The standard InChI is InChI=1S/C15H15ClN2O/c1-10-3-8-13(14(16)9-10)15(19)18(2)12-6-4-11(17)5-7-12/h3-9H,17H2,1-2H3. The van der Waals surface area contributed by atoms with Gasteiger partial charge < -0.3 is 10.6 Å². The summed E-state index contributed by atoms with van der Waals surface area (Å²) >= 11 is 6.11. The molecule has 2 N–H and O–H groups in total. The highest BCUT2D eigenvalue weighted by molar-refractivity contribution is 6.34. The summed E-state index contributed by atoms with van der Waals surface area (Å²) in [5, 5.41) is 0.465. The van der Waals surface area contributed by atoms with E-state index in [1.165, 1.54) is 0 Å². The van der Waals surface area contributed by atoms with Crippen LogP contribution in [0.2, 0.25) is 5.02 Å². The summed E-state index contributed by atoms with van der Waals surface area (Å²) < 4.78 is 0. The van der Waals surface area contributed by atoms with Gasteiger partial charge in [0.2, 0.25) is 0 Å². The molecule has 2 rings (SSSR count). The Morgan fingerprint density at radius 3 is 2.37 bits per heavy atom. The van der Waals surface area contributed by atoms with Gasteiger partial charge in [-0.3, -0.25) is 4.79 Å². The van der Waals surface area contributed by atoms with Crippen LogP contribution >= 0.6 is 11.6 Å². The first-order valence-corrected chi connectivity index (χ1v) is 6.26. The van der Waals surface area contributed by atoms with Crippen LogP contribution in [0.3, 0.4) is 0 Å². The zero-order valence-corrected chi connectivity index (χ0v) is 11.6. The Hall–Kier alpha value is -2.00. The number of nitrogens with zero attached hydrogens (tertiary/aromatic N) is 1. The number of anilines is 2. The third-order valence-electron chi connectivity index (χ3n) is 2.94. The number of amides is 1. The van der Waals surface area contributed by atoms with Crippen LogP contribution in [0.1, 0.15) is 15.9 Å². The number of rotatable bonds is 2. The molecule has 0 spiro atoms. The van der Waals surface area contributed by atoms with Crippen molar-refractivity contribution in [2.45, 2.75) is 6.92 Å². The quantitative estimate of drug-likeness (QED) is 0.852. The average Bonchev–Trinajstić information content (AvgIpc) is 2.38. The lowest BCUT2D eigenvalue weighted by Crippen LogP contribution is -2.26. The maximum absolute atomic E-state index is 12.4. The molecule has 0 aliphatic heterocycles. The van der Waals surface area contributed by atoms with Gasteiger partial charge in [-0.25, -0.2) is 0 Å². The van der Waals surface area contributed by atoms with E-state index in [0.717, 1.165) is 11.3 Å². The first kappa shape index (κ1) is 13.4. The van der Waals surface area contributed by atoms with E-state index in [0.29, 0.717) is 16.3 Å². The van der Waals surface area contributed by atoms with Crippen LogP contribution in [0.4, 0.5) is 11.4 Å². The van der Waals surface area contributed by atoms with Gasteiger partial charge in [0.15, 0.2) is 0 Å². The number of halogens is 1. The van der Waals surface area contributed by atoms with Gasteiger partial charge in [0.05, 0.1) is 10.6 Å². The summed E-state index contributed by atoms with van der Waals surface area (Å²) in [6.45, 7) is 1.93. The second-order valence-electron chi connectivity index (χ2n) is 4.44. The summed E-state index contributed by atoms with van der Waals surface area (Å²) in [6.07, 6.45) is 0. The van der Waals surface area contributed by atoms with E-state index >= 15 is 0 Å². The van der Waals surface area contributed by atoms with E-state index in [9.17, 15) is 4.79 Å². The van der Waals surface area contributed by atoms with Crippen LogP contribution in [-0.4, -0.2) is 13.0 Å². The molecule has 0 aromatic heterocycles. The molecule has 2 aromatic carbocycles. The van der Waals surface area contributed by atoms with Crippen LogP contribution in [0.25, 0.3) is 0 Å². The molecule has 1 amide bonds. The number of benzene rings is 2. The molecule has 3 nitrogen and oxygen atoms in total. The van der Waals surface area contributed by atoms with Gasteiger partial charge in [-0.15, -0.1) is 0 Å². The molecule has 0 bridgehead atoms. The van der Waals surface area contributed by atoms with Crippen molar-refractivity contribution in [2.24, 2.45) is 0 Å². The predicted molar refractivity (Wildman–Crippen MR) is 79.8 cm³/mol. The molecule has 0 atom stereocenters. The first-order valence-electron chi connectivity index (χ1n) is 5.89. The van der Waals surface area contributed by atoms with E-state index < -0.39 is 0 Å². The van der Waals surface area contributed by atoms with E-state index in [1.807, 2.05) is 13.0 Å². The second-order valence-corrected chi connectivity index (χ2v) is 4.85. The summed E-state index contributed by atoms with van der Waals surface area (Å²) in [6, 6.07) is 12.5. The van der Waals surface area contributed by atoms with Crippen LogP contribution < -0.4 is 10.6 Å². The molecule has 2 aromatic rings. The molecule has 0 radical (unpaired) electrons. The average molecular weight is 275 g/mol. The first-order chi connectivity index (χ1) is 8.99. The van der Waals surface area contributed by atoms with Crippen molar-refractivity contribution >= 4 is 28.9 Å². The summed E-state index contributed by atoms with van der Waals surface area (Å²) in [7, 11) is 1.71. The fourth-order valence-corrected chi connectivity index (χ4v) is 2.11. The van der Waals surface area contributed by atoms with Gasteiger partial charge in [0.25, 0.3) is 5.91 Å². The maximum atomic E-state index is 12.4. The van der Waals surface area contributed by atoms with Crippen molar-refractivity contribution in [3.8, 4) is 0 Å². The van der Waals surface area contributed by atoms with Gasteiger partial charge in [-0.2, -0.15) is 0 Å². The normalized spacial score (nSPS) is 10.3. The highest BCUT2D eigenvalue weighted by Gasteiger charge is 2.16. The molecule has 4 heteroatoms. The summed E-state index contributed by atoms with van der Waals surface area (Å²) in [5.41, 5.74) is 8.59. The Morgan fingerprint density at radius 2 is 1.79 bits per heavy atom. The molecule has 98 valence electrons. The molecule has 0 saturated heterocycles. The SMILES string of the molecule is Cc1ccc(C(=O)N(C)c2ccc(N)cc2)c(Cl)c1.